The number of benzene rings is 1. The topological polar surface area (TPSA) is 90.7 Å². The average Bonchev–Trinajstić information content (AvgIpc) is 2.37. The van der Waals surface area contributed by atoms with Crippen LogP contribution in [-0.2, 0) is 4.74 Å². The first-order valence-electron chi connectivity index (χ1n) is 6.72. The number of ether oxygens (including phenoxy) is 2. The van der Waals surface area contributed by atoms with Gasteiger partial charge >= 0.3 is 11.8 Å². The zero-order valence-corrected chi connectivity index (χ0v) is 13.5. The fourth-order valence-corrected chi connectivity index (χ4v) is 1.68. The highest BCUT2D eigenvalue weighted by atomic mass is 35.5. The first kappa shape index (κ1) is 18.0. The van der Waals surface area contributed by atoms with Crippen molar-refractivity contribution in [3.63, 3.8) is 0 Å². The van der Waals surface area contributed by atoms with E-state index in [4.69, 9.17) is 21.1 Å². The maximum atomic E-state index is 11.4. The Kier molecular flexibility index (Phi) is 6.42. The van der Waals surface area contributed by atoms with Gasteiger partial charge in [-0.1, -0.05) is 11.6 Å². The van der Waals surface area contributed by atoms with Crippen LogP contribution >= 0.6 is 11.6 Å². The maximum absolute atomic E-state index is 11.4. The van der Waals surface area contributed by atoms with E-state index in [9.17, 15) is 14.9 Å². The molecule has 8 heteroatoms. The van der Waals surface area contributed by atoms with E-state index >= 15 is 0 Å². The Hall–Kier alpha value is -2.02. The van der Waals surface area contributed by atoms with Crippen molar-refractivity contribution in [1.82, 2.24) is 5.32 Å². The Morgan fingerprint density at radius 1 is 1.41 bits per heavy atom. The highest BCUT2D eigenvalue weighted by Crippen LogP contribution is 2.29. The third-order valence-electron chi connectivity index (χ3n) is 2.36. The number of rotatable bonds is 6. The fourth-order valence-electron chi connectivity index (χ4n) is 1.51. The van der Waals surface area contributed by atoms with E-state index in [0.29, 0.717) is 13.0 Å². The van der Waals surface area contributed by atoms with Crippen LogP contribution in [0.3, 0.4) is 0 Å². The van der Waals surface area contributed by atoms with Gasteiger partial charge in [-0.15, -0.1) is 0 Å². The minimum Gasteiger partial charge on any atom is -0.487 e. The van der Waals surface area contributed by atoms with Gasteiger partial charge in [-0.05, 0) is 39.3 Å². The lowest BCUT2D eigenvalue weighted by molar-refractivity contribution is -0.385. The number of nitrogens with one attached hydrogen (secondary N) is 1. The number of halogens is 1. The zero-order chi connectivity index (χ0) is 16.8. The summed E-state index contributed by atoms with van der Waals surface area (Å²) in [5, 5.41) is 13.7. The number of nitro groups is 1. The normalized spacial score (nSPS) is 10.9. The fraction of sp³-hybridized carbons (Fsp3) is 0.500. The summed E-state index contributed by atoms with van der Waals surface area (Å²) in [5.74, 6) is 0.145. The van der Waals surface area contributed by atoms with E-state index < -0.39 is 16.6 Å². The van der Waals surface area contributed by atoms with Crippen LogP contribution in [-0.4, -0.2) is 29.8 Å². The van der Waals surface area contributed by atoms with E-state index in [1.807, 2.05) is 0 Å². The predicted molar refractivity (Wildman–Crippen MR) is 82.5 cm³/mol. The summed E-state index contributed by atoms with van der Waals surface area (Å²) < 4.78 is 10.4. The molecule has 0 unspecified atom stereocenters. The molecule has 0 heterocycles. The Balaban J connectivity index is 2.37. The van der Waals surface area contributed by atoms with Gasteiger partial charge in [0.1, 0.15) is 5.60 Å². The average molecular weight is 331 g/mol. The number of carbonyl (C=O) groups excluding carboxylic acids is 1. The van der Waals surface area contributed by atoms with Crippen LogP contribution in [0.1, 0.15) is 27.2 Å². The summed E-state index contributed by atoms with van der Waals surface area (Å²) in [7, 11) is 0. The molecule has 1 N–H and O–H groups in total. The minimum atomic E-state index is -0.555. The predicted octanol–water partition coefficient (Wildman–Crippen LogP) is 3.54. The molecule has 0 atom stereocenters. The molecular formula is C14H19ClN2O5. The van der Waals surface area contributed by atoms with Gasteiger partial charge in [-0.2, -0.15) is 0 Å². The number of hydrogen-bond acceptors (Lipinski definition) is 5. The summed E-state index contributed by atoms with van der Waals surface area (Å²) >= 11 is 5.71. The molecule has 0 aliphatic heterocycles. The number of amides is 1. The van der Waals surface area contributed by atoms with Crippen molar-refractivity contribution in [2.75, 3.05) is 13.2 Å². The van der Waals surface area contributed by atoms with Crippen molar-refractivity contribution in [3.8, 4) is 5.75 Å². The lowest BCUT2D eigenvalue weighted by Crippen LogP contribution is -2.33. The van der Waals surface area contributed by atoms with Crippen molar-refractivity contribution in [2.45, 2.75) is 32.8 Å². The van der Waals surface area contributed by atoms with Crippen LogP contribution in [0.15, 0.2) is 18.2 Å². The van der Waals surface area contributed by atoms with Gasteiger partial charge in [0.25, 0.3) is 0 Å². The highest BCUT2D eigenvalue weighted by molar-refractivity contribution is 6.30. The second-order valence-electron chi connectivity index (χ2n) is 5.50. The molecular weight excluding hydrogens is 312 g/mol. The second kappa shape index (κ2) is 7.84. The number of hydrogen-bond donors (Lipinski definition) is 1. The number of alkyl carbamates (subject to hydrolysis) is 1. The molecule has 0 bridgehead atoms. The van der Waals surface area contributed by atoms with Crippen molar-refractivity contribution in [3.05, 3.63) is 33.3 Å². The smallest absolute Gasteiger partial charge is 0.407 e. The standard InChI is InChI=1S/C14H19ClN2O5/c1-14(2,3)22-13(18)16-7-4-8-21-12-6-5-10(15)9-11(12)17(19)20/h5-6,9H,4,7-8H2,1-3H3,(H,16,18). The summed E-state index contributed by atoms with van der Waals surface area (Å²) in [5.41, 5.74) is -0.738. The SMILES string of the molecule is CC(C)(C)OC(=O)NCCCOc1ccc(Cl)cc1[N+](=O)[O-]. The van der Waals surface area contributed by atoms with Gasteiger partial charge in [-0.25, -0.2) is 4.79 Å². The van der Waals surface area contributed by atoms with Gasteiger partial charge in [0.2, 0.25) is 0 Å². The third kappa shape index (κ3) is 6.62. The van der Waals surface area contributed by atoms with Crippen molar-refractivity contribution < 1.29 is 19.2 Å². The van der Waals surface area contributed by atoms with Gasteiger partial charge in [0.05, 0.1) is 11.5 Å². The summed E-state index contributed by atoms with van der Waals surface area (Å²) in [6.45, 7) is 5.88. The maximum Gasteiger partial charge on any atom is 0.407 e. The Bertz CT molecular complexity index is 543. The molecule has 0 aliphatic carbocycles. The molecule has 1 amide bonds. The molecule has 0 spiro atoms. The van der Waals surface area contributed by atoms with Crippen LogP contribution < -0.4 is 10.1 Å². The van der Waals surface area contributed by atoms with Crippen molar-refractivity contribution >= 4 is 23.4 Å². The Morgan fingerprint density at radius 2 is 2.09 bits per heavy atom. The van der Waals surface area contributed by atoms with Gasteiger partial charge in [0.15, 0.2) is 5.75 Å². The van der Waals surface area contributed by atoms with Crippen LogP contribution in [0.2, 0.25) is 5.02 Å². The lowest BCUT2D eigenvalue weighted by atomic mass is 10.2. The van der Waals surface area contributed by atoms with Crippen molar-refractivity contribution in [2.24, 2.45) is 0 Å². The molecule has 0 saturated carbocycles. The van der Waals surface area contributed by atoms with Gasteiger partial charge < -0.3 is 14.8 Å². The van der Waals surface area contributed by atoms with E-state index in [-0.39, 0.29) is 23.1 Å². The Labute approximate surface area is 133 Å². The first-order chi connectivity index (χ1) is 10.2. The molecule has 1 aromatic rings. The van der Waals surface area contributed by atoms with Gasteiger partial charge in [0, 0.05) is 17.6 Å². The molecule has 1 rings (SSSR count). The lowest BCUT2D eigenvalue weighted by Gasteiger charge is -2.19. The molecule has 7 nitrogen and oxygen atoms in total. The van der Waals surface area contributed by atoms with E-state index in [1.54, 1.807) is 20.8 Å². The quantitative estimate of drug-likeness (QED) is 0.489. The number of carbonyl (C=O) groups is 1. The van der Waals surface area contributed by atoms with Crippen LogP contribution in [0.25, 0.3) is 0 Å². The molecule has 122 valence electrons. The van der Waals surface area contributed by atoms with Crippen LogP contribution in [0, 0.1) is 10.1 Å². The largest absolute Gasteiger partial charge is 0.487 e. The number of nitrogens with zero attached hydrogens (tertiary/aromatic N) is 1. The second-order valence-corrected chi connectivity index (χ2v) is 5.94. The molecule has 0 saturated heterocycles. The third-order valence-corrected chi connectivity index (χ3v) is 2.60. The Morgan fingerprint density at radius 3 is 2.68 bits per heavy atom. The summed E-state index contributed by atoms with van der Waals surface area (Å²) in [4.78, 5) is 21.7. The summed E-state index contributed by atoms with van der Waals surface area (Å²) in [6.07, 6.45) is -0.0241. The molecule has 0 radical (unpaired) electrons. The molecule has 0 aliphatic rings. The molecule has 1 aromatic carbocycles. The summed E-state index contributed by atoms with van der Waals surface area (Å²) in [6, 6.07) is 4.19. The van der Waals surface area contributed by atoms with Gasteiger partial charge in [-0.3, -0.25) is 10.1 Å². The molecule has 0 aromatic heterocycles. The highest BCUT2D eigenvalue weighted by Gasteiger charge is 2.16. The molecule has 22 heavy (non-hydrogen) atoms. The monoisotopic (exact) mass is 330 g/mol. The van der Waals surface area contributed by atoms with E-state index in [0.717, 1.165) is 0 Å². The van der Waals surface area contributed by atoms with E-state index in [1.165, 1.54) is 18.2 Å². The number of nitro benzene ring substituents is 1. The first-order valence-corrected chi connectivity index (χ1v) is 7.10. The van der Waals surface area contributed by atoms with Crippen molar-refractivity contribution in [1.29, 1.82) is 0 Å². The van der Waals surface area contributed by atoms with Crippen LogP contribution in [0.5, 0.6) is 5.75 Å². The van der Waals surface area contributed by atoms with E-state index in [2.05, 4.69) is 5.32 Å². The minimum absolute atomic E-state index is 0.145. The zero-order valence-electron chi connectivity index (χ0n) is 12.7. The van der Waals surface area contributed by atoms with Crippen LogP contribution in [0.4, 0.5) is 10.5 Å². The molecule has 0 fully saturated rings.